The highest BCUT2D eigenvalue weighted by molar-refractivity contribution is 7.13. The maximum absolute atomic E-state index is 14.7. The fourth-order valence-electron chi connectivity index (χ4n) is 5.61. The van der Waals surface area contributed by atoms with Crippen molar-refractivity contribution in [1.82, 2.24) is 4.98 Å². The number of para-hydroxylation sites is 1. The molecule has 1 spiro atoms. The number of fused-ring (bicyclic) bond motifs is 5. The summed E-state index contributed by atoms with van der Waals surface area (Å²) in [4.78, 5) is 50.0. The lowest BCUT2D eigenvalue weighted by Gasteiger charge is -2.32. The Hall–Kier alpha value is -4.63. The van der Waals surface area contributed by atoms with E-state index in [1.807, 2.05) is 31.2 Å². The Balaban J connectivity index is 1.56. The summed E-state index contributed by atoms with van der Waals surface area (Å²) < 4.78 is 20.2. The van der Waals surface area contributed by atoms with E-state index < -0.39 is 28.6 Å². The molecule has 2 aliphatic heterocycles. The van der Waals surface area contributed by atoms with E-state index in [1.165, 1.54) is 28.5 Å². The van der Waals surface area contributed by atoms with Gasteiger partial charge in [0, 0.05) is 17.1 Å². The SMILES string of the molecule is Cc1cccc(CN2C(=O)C3(c4ccccc42)c2c(oc4ccc(F)cc4c2=O)C(=O)N3c2nccs2)c1. The summed E-state index contributed by atoms with van der Waals surface area (Å²) in [6.07, 6.45) is 1.53. The number of amides is 2. The first-order valence-corrected chi connectivity index (χ1v) is 12.8. The molecule has 0 aliphatic carbocycles. The number of carbonyl (C=O) groups is 2. The van der Waals surface area contributed by atoms with E-state index in [4.69, 9.17) is 4.42 Å². The van der Waals surface area contributed by atoms with Gasteiger partial charge in [-0.05, 0) is 36.8 Å². The smallest absolute Gasteiger partial charge is 0.297 e. The predicted octanol–water partition coefficient (Wildman–Crippen LogP) is 5.15. The molecular weight excluding hydrogens is 505 g/mol. The molecule has 0 radical (unpaired) electrons. The maximum Gasteiger partial charge on any atom is 0.297 e. The Kier molecular flexibility index (Phi) is 4.71. The lowest BCUT2D eigenvalue weighted by molar-refractivity contribution is -0.121. The van der Waals surface area contributed by atoms with Crippen molar-refractivity contribution in [3.63, 3.8) is 0 Å². The molecular formula is C29H18FN3O4S. The van der Waals surface area contributed by atoms with Crippen LogP contribution in [0.5, 0.6) is 0 Å². The maximum atomic E-state index is 14.7. The van der Waals surface area contributed by atoms with Crippen LogP contribution in [0.4, 0.5) is 15.2 Å². The summed E-state index contributed by atoms with van der Waals surface area (Å²) in [5.41, 5.74) is 0.415. The lowest BCUT2D eigenvalue weighted by atomic mass is 9.84. The number of thiazole rings is 1. The van der Waals surface area contributed by atoms with Gasteiger partial charge in [-0.2, -0.15) is 0 Å². The number of aryl methyl sites for hydroxylation is 1. The molecule has 4 heterocycles. The number of nitrogens with zero attached hydrogens (tertiary/aromatic N) is 3. The number of rotatable bonds is 3. The summed E-state index contributed by atoms with van der Waals surface area (Å²) in [5, 5.41) is 1.90. The van der Waals surface area contributed by atoms with Gasteiger partial charge in [-0.1, -0.05) is 48.0 Å². The van der Waals surface area contributed by atoms with Gasteiger partial charge in [0.25, 0.3) is 11.8 Å². The molecule has 0 saturated heterocycles. The number of carbonyl (C=O) groups excluding carboxylic acids is 2. The summed E-state index contributed by atoms with van der Waals surface area (Å²) in [6.45, 7) is 2.19. The van der Waals surface area contributed by atoms with E-state index in [-0.39, 0.29) is 34.0 Å². The van der Waals surface area contributed by atoms with E-state index in [1.54, 1.807) is 34.5 Å². The molecule has 5 aromatic rings. The van der Waals surface area contributed by atoms with Gasteiger partial charge in [0.2, 0.25) is 5.76 Å². The van der Waals surface area contributed by atoms with Gasteiger partial charge in [-0.3, -0.25) is 19.3 Å². The van der Waals surface area contributed by atoms with E-state index in [0.717, 1.165) is 23.3 Å². The highest BCUT2D eigenvalue weighted by Crippen LogP contribution is 2.54. The van der Waals surface area contributed by atoms with Crippen LogP contribution in [-0.4, -0.2) is 16.8 Å². The Bertz CT molecular complexity index is 1870. The van der Waals surface area contributed by atoms with Crippen molar-refractivity contribution in [3.05, 3.63) is 122 Å². The zero-order valence-electron chi connectivity index (χ0n) is 20.0. The van der Waals surface area contributed by atoms with Gasteiger partial charge >= 0.3 is 0 Å². The largest absolute Gasteiger partial charge is 0.450 e. The predicted molar refractivity (Wildman–Crippen MR) is 141 cm³/mol. The van der Waals surface area contributed by atoms with Crippen LogP contribution in [0.3, 0.4) is 0 Å². The van der Waals surface area contributed by atoms with Gasteiger partial charge in [0.1, 0.15) is 11.4 Å². The van der Waals surface area contributed by atoms with Crippen LogP contribution in [0.15, 0.2) is 87.5 Å². The first-order valence-electron chi connectivity index (χ1n) is 11.9. The van der Waals surface area contributed by atoms with E-state index >= 15 is 0 Å². The van der Waals surface area contributed by atoms with Crippen molar-refractivity contribution in [1.29, 1.82) is 0 Å². The van der Waals surface area contributed by atoms with Crippen LogP contribution in [0.1, 0.15) is 32.8 Å². The first-order chi connectivity index (χ1) is 18.4. The number of hydrogen-bond acceptors (Lipinski definition) is 6. The molecule has 0 N–H and O–H groups in total. The molecule has 0 bridgehead atoms. The quantitative estimate of drug-likeness (QED) is 0.327. The lowest BCUT2D eigenvalue weighted by Crippen LogP contribution is -2.53. The third-order valence-electron chi connectivity index (χ3n) is 7.12. The van der Waals surface area contributed by atoms with E-state index in [2.05, 4.69) is 4.98 Å². The highest BCUT2D eigenvalue weighted by Gasteiger charge is 2.66. The molecule has 7 rings (SSSR count). The van der Waals surface area contributed by atoms with Gasteiger partial charge in [0.05, 0.1) is 23.2 Å². The van der Waals surface area contributed by atoms with Crippen molar-refractivity contribution >= 4 is 44.9 Å². The molecule has 1 atom stereocenters. The fourth-order valence-corrected chi connectivity index (χ4v) is 6.30. The number of anilines is 2. The number of benzene rings is 3. The molecule has 2 amide bonds. The number of aromatic nitrogens is 1. The Morgan fingerprint density at radius 3 is 2.66 bits per heavy atom. The molecule has 1 unspecified atom stereocenters. The molecule has 7 nitrogen and oxygen atoms in total. The van der Waals surface area contributed by atoms with Crippen molar-refractivity contribution < 1.29 is 18.4 Å². The molecule has 3 aromatic carbocycles. The normalized spacial score (nSPS) is 18.1. The van der Waals surface area contributed by atoms with Crippen molar-refractivity contribution in [2.75, 3.05) is 9.80 Å². The third kappa shape index (κ3) is 2.87. The van der Waals surface area contributed by atoms with Crippen molar-refractivity contribution in [2.45, 2.75) is 19.0 Å². The molecule has 186 valence electrons. The van der Waals surface area contributed by atoms with Gasteiger partial charge in [0.15, 0.2) is 16.1 Å². The minimum absolute atomic E-state index is 0.0423. The molecule has 9 heteroatoms. The third-order valence-corrected chi connectivity index (χ3v) is 7.88. The van der Waals surface area contributed by atoms with E-state index in [9.17, 15) is 18.8 Å². The second-order valence-electron chi connectivity index (χ2n) is 9.34. The van der Waals surface area contributed by atoms with Gasteiger partial charge < -0.3 is 9.32 Å². The average molecular weight is 524 g/mol. The molecule has 2 aliphatic rings. The minimum atomic E-state index is -1.86. The fraction of sp³-hybridized carbons (Fsp3) is 0.103. The monoisotopic (exact) mass is 523 g/mol. The number of halogens is 1. The van der Waals surface area contributed by atoms with Crippen LogP contribution >= 0.6 is 11.3 Å². The van der Waals surface area contributed by atoms with Gasteiger partial charge in [-0.25, -0.2) is 9.37 Å². The van der Waals surface area contributed by atoms with Crippen LogP contribution in [0.2, 0.25) is 0 Å². The minimum Gasteiger partial charge on any atom is -0.450 e. The molecule has 2 aromatic heterocycles. The zero-order chi connectivity index (χ0) is 26.2. The van der Waals surface area contributed by atoms with Gasteiger partial charge in [-0.15, -0.1) is 11.3 Å². The summed E-state index contributed by atoms with van der Waals surface area (Å²) in [5.74, 6) is -2.01. The summed E-state index contributed by atoms with van der Waals surface area (Å²) in [7, 11) is 0. The zero-order valence-corrected chi connectivity index (χ0v) is 20.8. The van der Waals surface area contributed by atoms with E-state index in [0.29, 0.717) is 11.3 Å². The highest BCUT2D eigenvalue weighted by atomic mass is 32.1. The standard InChI is InChI=1S/C29H18FN3O4S/c1-16-5-4-6-17(13-16)15-32-21-8-3-2-7-20(21)29(27(32)36)23-24(34)19-14-18(30)9-10-22(19)37-25(23)26(35)33(29)28-31-11-12-38-28/h2-14H,15H2,1H3. The Morgan fingerprint density at radius 2 is 1.87 bits per heavy atom. The second kappa shape index (κ2) is 7.93. The van der Waals surface area contributed by atoms with Crippen LogP contribution < -0.4 is 15.2 Å². The first kappa shape index (κ1) is 22.6. The Morgan fingerprint density at radius 1 is 1.03 bits per heavy atom. The van der Waals surface area contributed by atoms with Crippen molar-refractivity contribution in [2.24, 2.45) is 0 Å². The molecule has 0 fully saturated rings. The second-order valence-corrected chi connectivity index (χ2v) is 10.2. The molecule has 0 saturated carbocycles. The van der Waals surface area contributed by atoms with Crippen LogP contribution in [0, 0.1) is 12.7 Å². The van der Waals surface area contributed by atoms with Crippen LogP contribution in [0.25, 0.3) is 11.0 Å². The summed E-state index contributed by atoms with van der Waals surface area (Å²) in [6, 6.07) is 18.4. The summed E-state index contributed by atoms with van der Waals surface area (Å²) >= 11 is 1.17. The van der Waals surface area contributed by atoms with Crippen molar-refractivity contribution in [3.8, 4) is 0 Å². The number of hydrogen-bond donors (Lipinski definition) is 0. The topological polar surface area (TPSA) is 83.7 Å². The molecule has 38 heavy (non-hydrogen) atoms. The Labute approximate surface area is 219 Å². The average Bonchev–Trinajstić information content (AvgIpc) is 3.58. The van der Waals surface area contributed by atoms with Crippen LogP contribution in [-0.2, 0) is 16.9 Å².